The van der Waals surface area contributed by atoms with Crippen LogP contribution in [0.1, 0.15) is 10.6 Å². The zero-order valence-corrected chi connectivity index (χ0v) is 17.4. The Bertz CT molecular complexity index is 951. The molecule has 4 rings (SSSR count). The number of hydrogen-bond acceptors (Lipinski definition) is 5. The van der Waals surface area contributed by atoms with Crippen LogP contribution >= 0.6 is 11.3 Å². The van der Waals surface area contributed by atoms with E-state index in [0.29, 0.717) is 13.1 Å². The van der Waals surface area contributed by atoms with E-state index in [1.54, 1.807) is 29.4 Å². The molecule has 0 bridgehead atoms. The van der Waals surface area contributed by atoms with Crippen LogP contribution in [-0.4, -0.2) is 65.4 Å². The van der Waals surface area contributed by atoms with Gasteiger partial charge in [0.05, 0.1) is 23.3 Å². The molecule has 0 unspecified atom stereocenters. The Kier molecular flexibility index (Phi) is 6.18. The summed E-state index contributed by atoms with van der Waals surface area (Å²) in [6.45, 7) is 5.28. The first-order valence-corrected chi connectivity index (χ1v) is 10.7. The van der Waals surface area contributed by atoms with Crippen molar-refractivity contribution in [3.05, 3.63) is 64.9 Å². The lowest BCUT2D eigenvalue weighted by molar-refractivity contribution is -0.132. The molecule has 1 aromatic heterocycles. The van der Waals surface area contributed by atoms with E-state index in [1.165, 1.54) is 16.8 Å². The van der Waals surface area contributed by atoms with Gasteiger partial charge in [0.25, 0.3) is 0 Å². The van der Waals surface area contributed by atoms with Gasteiger partial charge in [0.2, 0.25) is 5.91 Å². The summed E-state index contributed by atoms with van der Waals surface area (Å²) in [6.07, 6.45) is 0. The molecule has 1 amide bonds. The molecule has 0 atom stereocenters. The predicted molar refractivity (Wildman–Crippen MR) is 114 cm³/mol. The first-order chi connectivity index (χ1) is 14.1. The molecule has 2 heterocycles. The molecule has 2 aromatic carbocycles. The number of piperazine rings is 1. The fourth-order valence-corrected chi connectivity index (χ4v) is 4.60. The van der Waals surface area contributed by atoms with E-state index in [1.807, 2.05) is 18.2 Å². The molecule has 152 valence electrons. The second kappa shape index (κ2) is 8.98. The molecule has 1 aliphatic heterocycles. The number of carbonyl (C=O) groups is 1. The molecule has 1 saturated heterocycles. The van der Waals surface area contributed by atoms with Crippen molar-refractivity contribution >= 4 is 27.5 Å². The summed E-state index contributed by atoms with van der Waals surface area (Å²) >= 11 is 1.75. The van der Waals surface area contributed by atoms with Crippen LogP contribution in [0.3, 0.4) is 0 Å². The van der Waals surface area contributed by atoms with Crippen LogP contribution < -0.4 is 0 Å². The van der Waals surface area contributed by atoms with Crippen molar-refractivity contribution < 1.29 is 9.18 Å². The number of carbonyl (C=O) groups excluding carboxylic acids is 1. The molecular weight excluding hydrogens is 387 g/mol. The molecule has 3 aromatic rings. The number of fused-ring (bicyclic) bond motifs is 1. The van der Waals surface area contributed by atoms with Gasteiger partial charge in [-0.05, 0) is 29.8 Å². The average Bonchev–Trinajstić information content (AvgIpc) is 3.11. The van der Waals surface area contributed by atoms with E-state index in [4.69, 9.17) is 4.98 Å². The number of thiazole rings is 1. The van der Waals surface area contributed by atoms with Crippen LogP contribution in [0.15, 0.2) is 48.5 Å². The van der Waals surface area contributed by atoms with Crippen molar-refractivity contribution in [1.82, 2.24) is 19.7 Å². The van der Waals surface area contributed by atoms with E-state index in [9.17, 15) is 9.18 Å². The van der Waals surface area contributed by atoms with Crippen molar-refractivity contribution in [2.75, 3.05) is 39.8 Å². The molecular formula is C22H25FN4OS. The second-order valence-corrected chi connectivity index (χ2v) is 8.62. The Morgan fingerprint density at radius 3 is 2.62 bits per heavy atom. The van der Waals surface area contributed by atoms with Gasteiger partial charge in [0.1, 0.15) is 10.8 Å². The van der Waals surface area contributed by atoms with Gasteiger partial charge >= 0.3 is 0 Å². The lowest BCUT2D eigenvalue weighted by Gasteiger charge is -2.34. The Morgan fingerprint density at radius 2 is 1.86 bits per heavy atom. The van der Waals surface area contributed by atoms with Gasteiger partial charge in [-0.25, -0.2) is 9.37 Å². The van der Waals surface area contributed by atoms with Gasteiger partial charge in [0, 0.05) is 39.8 Å². The summed E-state index contributed by atoms with van der Waals surface area (Å²) in [5.74, 6) is -0.207. The lowest BCUT2D eigenvalue weighted by atomic mass is 10.2. The summed E-state index contributed by atoms with van der Waals surface area (Å²) in [4.78, 5) is 23.5. The number of benzene rings is 2. The van der Waals surface area contributed by atoms with Crippen LogP contribution in [0.2, 0.25) is 0 Å². The third-order valence-corrected chi connectivity index (χ3v) is 6.28. The average molecular weight is 413 g/mol. The minimum Gasteiger partial charge on any atom is -0.340 e. The maximum Gasteiger partial charge on any atom is 0.236 e. The zero-order valence-electron chi connectivity index (χ0n) is 16.6. The molecule has 0 saturated carbocycles. The van der Waals surface area contributed by atoms with Crippen molar-refractivity contribution in [2.24, 2.45) is 0 Å². The van der Waals surface area contributed by atoms with E-state index in [0.717, 1.165) is 48.8 Å². The molecule has 5 nitrogen and oxygen atoms in total. The Labute approximate surface area is 174 Å². The molecule has 1 fully saturated rings. The van der Waals surface area contributed by atoms with Gasteiger partial charge in [0.15, 0.2) is 0 Å². The fraction of sp³-hybridized carbons (Fsp3) is 0.364. The highest BCUT2D eigenvalue weighted by Gasteiger charge is 2.21. The monoisotopic (exact) mass is 412 g/mol. The molecule has 0 N–H and O–H groups in total. The highest BCUT2D eigenvalue weighted by Crippen LogP contribution is 2.23. The maximum atomic E-state index is 13.3. The van der Waals surface area contributed by atoms with E-state index in [2.05, 4.69) is 21.9 Å². The second-order valence-electron chi connectivity index (χ2n) is 7.51. The number of hydrogen-bond donors (Lipinski definition) is 0. The Balaban J connectivity index is 1.24. The van der Waals surface area contributed by atoms with Crippen molar-refractivity contribution in [1.29, 1.82) is 0 Å². The van der Waals surface area contributed by atoms with Crippen molar-refractivity contribution in [3.8, 4) is 0 Å². The topological polar surface area (TPSA) is 39.7 Å². The molecule has 1 aliphatic rings. The number of amides is 1. The van der Waals surface area contributed by atoms with Crippen LogP contribution in [-0.2, 0) is 17.9 Å². The standard InChI is InChI=1S/C22H25FN4OS/c1-25(14-17-5-4-6-18(23)13-17)22(28)16-27-11-9-26(10-12-27)15-21-24-19-7-2-3-8-20(19)29-21/h2-8,13H,9-12,14-16H2,1H3. The molecule has 0 spiro atoms. The smallest absolute Gasteiger partial charge is 0.236 e. The van der Waals surface area contributed by atoms with Crippen molar-refractivity contribution in [2.45, 2.75) is 13.1 Å². The van der Waals surface area contributed by atoms with Gasteiger partial charge in [-0.3, -0.25) is 14.6 Å². The number of para-hydroxylation sites is 1. The Morgan fingerprint density at radius 1 is 1.10 bits per heavy atom. The SMILES string of the molecule is CN(Cc1cccc(F)c1)C(=O)CN1CCN(Cc2nc3ccccc3s2)CC1. The summed E-state index contributed by atoms with van der Waals surface area (Å²) < 4.78 is 14.6. The molecule has 0 radical (unpaired) electrons. The normalized spacial score (nSPS) is 15.7. The summed E-state index contributed by atoms with van der Waals surface area (Å²) in [6, 6.07) is 14.6. The summed E-state index contributed by atoms with van der Waals surface area (Å²) in [5.41, 5.74) is 1.87. The quantitative estimate of drug-likeness (QED) is 0.623. The minimum atomic E-state index is -0.271. The van der Waals surface area contributed by atoms with Gasteiger partial charge in [-0.15, -0.1) is 11.3 Å². The fourth-order valence-electron chi connectivity index (χ4n) is 3.59. The first kappa shape index (κ1) is 19.9. The highest BCUT2D eigenvalue weighted by atomic mass is 32.1. The summed E-state index contributed by atoms with van der Waals surface area (Å²) in [5, 5.41) is 1.14. The third kappa shape index (κ3) is 5.18. The number of aromatic nitrogens is 1. The summed E-state index contributed by atoms with van der Waals surface area (Å²) in [7, 11) is 1.77. The first-order valence-electron chi connectivity index (χ1n) is 9.84. The van der Waals surface area contributed by atoms with Crippen molar-refractivity contribution in [3.63, 3.8) is 0 Å². The lowest BCUT2D eigenvalue weighted by Crippen LogP contribution is -2.49. The van der Waals surface area contributed by atoms with Crippen LogP contribution in [0.4, 0.5) is 4.39 Å². The zero-order chi connectivity index (χ0) is 20.2. The largest absolute Gasteiger partial charge is 0.340 e. The van der Waals surface area contributed by atoms with E-state index in [-0.39, 0.29) is 11.7 Å². The highest BCUT2D eigenvalue weighted by molar-refractivity contribution is 7.18. The van der Waals surface area contributed by atoms with Crippen LogP contribution in [0, 0.1) is 5.82 Å². The van der Waals surface area contributed by atoms with Gasteiger partial charge in [-0.2, -0.15) is 0 Å². The van der Waals surface area contributed by atoms with E-state index < -0.39 is 0 Å². The predicted octanol–water partition coefficient (Wildman–Crippen LogP) is 3.21. The minimum absolute atomic E-state index is 0.0638. The molecule has 7 heteroatoms. The number of nitrogens with zero attached hydrogens (tertiary/aromatic N) is 4. The van der Waals surface area contributed by atoms with Gasteiger partial charge < -0.3 is 4.90 Å². The van der Waals surface area contributed by atoms with E-state index >= 15 is 0 Å². The number of likely N-dealkylation sites (N-methyl/N-ethyl adjacent to an activating group) is 1. The molecule has 0 aliphatic carbocycles. The number of rotatable bonds is 6. The number of halogens is 1. The Hall–Kier alpha value is -2.35. The van der Waals surface area contributed by atoms with Crippen LogP contribution in [0.5, 0.6) is 0 Å². The van der Waals surface area contributed by atoms with Gasteiger partial charge in [-0.1, -0.05) is 24.3 Å². The van der Waals surface area contributed by atoms with Crippen LogP contribution in [0.25, 0.3) is 10.2 Å². The third-order valence-electron chi connectivity index (χ3n) is 5.26. The molecule has 29 heavy (non-hydrogen) atoms. The maximum absolute atomic E-state index is 13.3.